The molecule has 27 heavy (non-hydrogen) atoms. The van der Waals surface area contributed by atoms with Crippen molar-refractivity contribution in [1.29, 1.82) is 0 Å². The van der Waals surface area contributed by atoms with E-state index in [0.29, 0.717) is 25.3 Å². The summed E-state index contributed by atoms with van der Waals surface area (Å²) >= 11 is 3.48. The van der Waals surface area contributed by atoms with Crippen LogP contribution in [0.2, 0.25) is 0 Å². The quantitative estimate of drug-likeness (QED) is 0.762. The van der Waals surface area contributed by atoms with Gasteiger partial charge >= 0.3 is 0 Å². The maximum Gasteiger partial charge on any atom is 0.255 e. The Bertz CT molecular complexity index is 818. The number of morpholine rings is 1. The molecule has 0 atom stereocenters. The maximum absolute atomic E-state index is 12.7. The van der Waals surface area contributed by atoms with Crippen molar-refractivity contribution >= 4 is 39.1 Å². The van der Waals surface area contributed by atoms with Crippen LogP contribution in [-0.2, 0) is 16.1 Å². The number of nitrogens with zero attached hydrogens (tertiary/aromatic N) is 1. The Morgan fingerprint density at radius 2 is 1.81 bits per heavy atom. The molecule has 3 rings (SSSR count). The summed E-state index contributed by atoms with van der Waals surface area (Å²) in [5, 5.41) is 5.75. The van der Waals surface area contributed by atoms with Crippen LogP contribution in [0.3, 0.4) is 0 Å². The summed E-state index contributed by atoms with van der Waals surface area (Å²) in [7, 11) is 0. The van der Waals surface area contributed by atoms with Gasteiger partial charge in [0.1, 0.15) is 0 Å². The fraction of sp³-hybridized carbons (Fsp3) is 0.300. The minimum Gasteiger partial charge on any atom is -0.378 e. The van der Waals surface area contributed by atoms with E-state index in [9.17, 15) is 9.59 Å². The highest BCUT2D eigenvalue weighted by Gasteiger charge is 2.17. The lowest BCUT2D eigenvalue weighted by molar-refractivity contribution is -0.119. The Labute approximate surface area is 167 Å². The zero-order chi connectivity index (χ0) is 19.2. The summed E-state index contributed by atoms with van der Waals surface area (Å²) in [5.41, 5.74) is 3.25. The van der Waals surface area contributed by atoms with Crippen molar-refractivity contribution in [2.45, 2.75) is 13.5 Å². The van der Waals surface area contributed by atoms with Gasteiger partial charge in [-0.1, -0.05) is 28.1 Å². The van der Waals surface area contributed by atoms with E-state index in [0.717, 1.165) is 34.5 Å². The first-order chi connectivity index (χ1) is 13.0. The van der Waals surface area contributed by atoms with Gasteiger partial charge in [-0.15, -0.1) is 0 Å². The average molecular weight is 432 g/mol. The van der Waals surface area contributed by atoms with Gasteiger partial charge in [0.2, 0.25) is 5.91 Å². The second-order valence-corrected chi connectivity index (χ2v) is 7.24. The Kier molecular flexibility index (Phi) is 6.47. The van der Waals surface area contributed by atoms with Crippen LogP contribution >= 0.6 is 15.9 Å². The Morgan fingerprint density at radius 1 is 1.11 bits per heavy atom. The van der Waals surface area contributed by atoms with Crippen molar-refractivity contribution < 1.29 is 14.3 Å². The molecular weight excluding hydrogens is 410 g/mol. The van der Waals surface area contributed by atoms with Gasteiger partial charge in [0.05, 0.1) is 24.6 Å². The molecule has 142 valence electrons. The lowest BCUT2D eigenvalue weighted by Gasteiger charge is -2.30. The monoisotopic (exact) mass is 431 g/mol. The van der Waals surface area contributed by atoms with Crippen molar-refractivity contribution in [2.24, 2.45) is 0 Å². The predicted octanol–water partition coefficient (Wildman–Crippen LogP) is 3.17. The summed E-state index contributed by atoms with van der Waals surface area (Å²) in [6.07, 6.45) is 0. The number of halogens is 1. The van der Waals surface area contributed by atoms with Crippen LogP contribution in [0.5, 0.6) is 0 Å². The SMILES string of the molecule is CC(=O)NCc1ccc(C(=O)Nc2cc(Br)ccc2N2CCOCC2)cc1. The number of rotatable bonds is 5. The summed E-state index contributed by atoms with van der Waals surface area (Å²) in [6, 6.07) is 13.1. The van der Waals surface area contributed by atoms with Crippen molar-refractivity contribution in [3.05, 3.63) is 58.1 Å². The first-order valence-corrected chi connectivity index (χ1v) is 9.59. The first kappa shape index (κ1) is 19.4. The van der Waals surface area contributed by atoms with Gasteiger partial charge in [-0.25, -0.2) is 0 Å². The van der Waals surface area contributed by atoms with E-state index in [1.54, 1.807) is 12.1 Å². The topological polar surface area (TPSA) is 70.7 Å². The molecule has 0 radical (unpaired) electrons. The number of anilines is 2. The van der Waals surface area contributed by atoms with Crippen LogP contribution in [0.15, 0.2) is 46.9 Å². The number of nitrogens with one attached hydrogen (secondary N) is 2. The van der Waals surface area contributed by atoms with Crippen molar-refractivity contribution in [2.75, 3.05) is 36.5 Å². The number of amides is 2. The highest BCUT2D eigenvalue weighted by atomic mass is 79.9. The molecule has 0 unspecified atom stereocenters. The number of carbonyl (C=O) groups excluding carboxylic acids is 2. The lowest BCUT2D eigenvalue weighted by Crippen LogP contribution is -2.36. The largest absolute Gasteiger partial charge is 0.378 e. The van der Waals surface area contributed by atoms with Crippen LogP contribution in [0.4, 0.5) is 11.4 Å². The normalized spacial score (nSPS) is 13.9. The van der Waals surface area contributed by atoms with Crippen LogP contribution in [0.1, 0.15) is 22.8 Å². The molecule has 6 nitrogen and oxygen atoms in total. The molecule has 1 saturated heterocycles. The van der Waals surface area contributed by atoms with Gasteiger partial charge in [0.15, 0.2) is 0 Å². The van der Waals surface area contributed by atoms with E-state index in [1.165, 1.54) is 6.92 Å². The molecule has 2 aromatic carbocycles. The number of benzene rings is 2. The number of hydrogen-bond donors (Lipinski definition) is 2. The first-order valence-electron chi connectivity index (χ1n) is 8.80. The van der Waals surface area contributed by atoms with Crippen molar-refractivity contribution in [3.63, 3.8) is 0 Å². The minimum absolute atomic E-state index is 0.0814. The molecule has 0 aliphatic carbocycles. The Morgan fingerprint density at radius 3 is 2.48 bits per heavy atom. The molecule has 1 fully saturated rings. The zero-order valence-electron chi connectivity index (χ0n) is 15.1. The van der Waals surface area contributed by atoms with Gasteiger partial charge in [-0.3, -0.25) is 9.59 Å². The number of carbonyl (C=O) groups is 2. The molecule has 1 aliphatic rings. The summed E-state index contributed by atoms with van der Waals surface area (Å²) in [6.45, 7) is 4.87. The lowest BCUT2D eigenvalue weighted by atomic mass is 10.1. The molecule has 0 saturated carbocycles. The molecule has 0 aromatic heterocycles. The third kappa shape index (κ3) is 5.30. The second-order valence-electron chi connectivity index (χ2n) is 6.32. The molecular formula is C20H22BrN3O3. The van der Waals surface area contributed by atoms with E-state index >= 15 is 0 Å². The van der Waals surface area contributed by atoms with Gasteiger partial charge in [-0.2, -0.15) is 0 Å². The van der Waals surface area contributed by atoms with Gasteiger partial charge < -0.3 is 20.3 Å². The van der Waals surface area contributed by atoms with Crippen molar-refractivity contribution in [3.8, 4) is 0 Å². The Balaban J connectivity index is 1.73. The molecule has 2 amide bonds. The van der Waals surface area contributed by atoms with Gasteiger partial charge in [-0.05, 0) is 35.9 Å². The Hall–Kier alpha value is -2.38. The highest BCUT2D eigenvalue weighted by molar-refractivity contribution is 9.10. The predicted molar refractivity (Wildman–Crippen MR) is 109 cm³/mol. The van der Waals surface area contributed by atoms with Crippen LogP contribution in [0.25, 0.3) is 0 Å². The van der Waals surface area contributed by atoms with E-state index in [4.69, 9.17) is 4.74 Å². The van der Waals surface area contributed by atoms with Crippen molar-refractivity contribution in [1.82, 2.24) is 5.32 Å². The third-order valence-electron chi connectivity index (χ3n) is 4.32. The standard InChI is InChI=1S/C20H22BrN3O3/c1-14(25)22-13-15-2-4-16(5-3-15)20(26)23-18-12-17(21)6-7-19(18)24-8-10-27-11-9-24/h2-7,12H,8-11,13H2,1H3,(H,22,25)(H,23,26). The second kappa shape index (κ2) is 9.01. The fourth-order valence-electron chi connectivity index (χ4n) is 2.88. The third-order valence-corrected chi connectivity index (χ3v) is 4.81. The fourth-order valence-corrected chi connectivity index (χ4v) is 3.24. The molecule has 2 N–H and O–H groups in total. The molecule has 0 bridgehead atoms. The molecule has 2 aromatic rings. The summed E-state index contributed by atoms with van der Waals surface area (Å²) < 4.78 is 6.32. The van der Waals surface area contributed by atoms with E-state index in [1.807, 2.05) is 30.3 Å². The molecule has 1 aliphatic heterocycles. The smallest absolute Gasteiger partial charge is 0.255 e. The van der Waals surface area contributed by atoms with Gasteiger partial charge in [0, 0.05) is 36.6 Å². The molecule has 1 heterocycles. The molecule has 7 heteroatoms. The highest BCUT2D eigenvalue weighted by Crippen LogP contribution is 2.30. The van der Waals surface area contributed by atoms with Crippen LogP contribution in [0, 0.1) is 0 Å². The summed E-state index contributed by atoms with van der Waals surface area (Å²) in [4.78, 5) is 25.9. The van der Waals surface area contributed by atoms with E-state index in [2.05, 4.69) is 31.5 Å². The number of hydrogen-bond acceptors (Lipinski definition) is 4. The van der Waals surface area contributed by atoms with E-state index < -0.39 is 0 Å². The average Bonchev–Trinajstić information content (AvgIpc) is 2.67. The van der Waals surface area contributed by atoms with Crippen LogP contribution in [-0.4, -0.2) is 38.1 Å². The van der Waals surface area contributed by atoms with E-state index in [-0.39, 0.29) is 11.8 Å². The number of ether oxygens (including phenoxy) is 1. The maximum atomic E-state index is 12.7. The summed E-state index contributed by atoms with van der Waals surface area (Å²) in [5.74, 6) is -0.254. The minimum atomic E-state index is -0.173. The molecule has 0 spiro atoms. The zero-order valence-corrected chi connectivity index (χ0v) is 16.7. The van der Waals surface area contributed by atoms with Gasteiger partial charge in [0.25, 0.3) is 5.91 Å². The van der Waals surface area contributed by atoms with Crippen LogP contribution < -0.4 is 15.5 Å².